The summed E-state index contributed by atoms with van der Waals surface area (Å²) in [5.41, 5.74) is 8.73. The predicted molar refractivity (Wildman–Crippen MR) is 77.2 cm³/mol. The largest absolute Gasteiger partial charge is 0.325 e. The average Bonchev–Trinajstić information content (AvgIpc) is 2.71. The molecular weight excluding hydrogens is 260 g/mol. The third-order valence-electron chi connectivity index (χ3n) is 2.93. The maximum atomic E-state index is 6.01. The second-order valence-corrected chi connectivity index (χ2v) is 6.06. The van der Waals surface area contributed by atoms with Crippen molar-refractivity contribution in [2.75, 3.05) is 0 Å². The van der Waals surface area contributed by atoms with E-state index in [1.54, 1.807) is 0 Å². The summed E-state index contributed by atoms with van der Waals surface area (Å²) < 4.78 is 1.91. The van der Waals surface area contributed by atoms with Crippen LogP contribution in [0, 0.1) is 0 Å². The lowest BCUT2D eigenvalue weighted by molar-refractivity contribution is 0.498. The Kier molecular flexibility index (Phi) is 3.92. The Hall–Kier alpha value is -1.39. The van der Waals surface area contributed by atoms with Crippen molar-refractivity contribution in [3.05, 3.63) is 46.2 Å². The Morgan fingerprint density at radius 1 is 1.32 bits per heavy atom. The molecule has 102 valence electrons. The van der Waals surface area contributed by atoms with Crippen LogP contribution in [0.1, 0.15) is 37.7 Å². The molecule has 0 aliphatic carbocycles. The van der Waals surface area contributed by atoms with Crippen molar-refractivity contribution in [3.63, 3.8) is 0 Å². The van der Waals surface area contributed by atoms with Crippen LogP contribution in [0.2, 0.25) is 5.02 Å². The maximum absolute atomic E-state index is 6.01. The van der Waals surface area contributed by atoms with Gasteiger partial charge in [0, 0.05) is 17.0 Å². The zero-order chi connectivity index (χ0) is 14.0. The number of benzene rings is 1. The zero-order valence-corrected chi connectivity index (χ0v) is 12.3. The van der Waals surface area contributed by atoms with E-state index in [0.717, 1.165) is 22.0 Å². The monoisotopic (exact) mass is 278 g/mol. The summed E-state index contributed by atoms with van der Waals surface area (Å²) in [4.78, 5) is 0. The lowest BCUT2D eigenvalue weighted by Gasteiger charge is -2.21. The van der Waals surface area contributed by atoms with Crippen molar-refractivity contribution in [2.45, 2.75) is 39.3 Å². The number of nitrogens with zero attached hydrogens (tertiary/aromatic N) is 3. The molecule has 0 saturated heterocycles. The maximum Gasteiger partial charge on any atom is 0.1000 e. The van der Waals surface area contributed by atoms with E-state index in [4.69, 9.17) is 17.3 Å². The Bertz CT molecular complexity index is 569. The molecule has 0 fully saturated rings. The van der Waals surface area contributed by atoms with Crippen molar-refractivity contribution >= 4 is 11.6 Å². The average molecular weight is 279 g/mol. The van der Waals surface area contributed by atoms with Gasteiger partial charge in [0.1, 0.15) is 0 Å². The normalized spacial score (nSPS) is 11.8. The molecule has 0 saturated carbocycles. The van der Waals surface area contributed by atoms with Gasteiger partial charge in [-0.2, -0.15) is 0 Å². The highest BCUT2D eigenvalue weighted by molar-refractivity contribution is 6.30. The standard InChI is InChI=1S/C14H19ClN4/c1-14(2,3)13-12(8-16)17-18-19(13)9-10-5-4-6-11(15)7-10/h4-7H,8-9,16H2,1-3H3. The number of rotatable bonds is 3. The van der Waals surface area contributed by atoms with E-state index in [1.165, 1.54) is 0 Å². The lowest BCUT2D eigenvalue weighted by Crippen LogP contribution is -2.21. The predicted octanol–water partition coefficient (Wildman–Crippen LogP) is 2.74. The highest BCUT2D eigenvalue weighted by Gasteiger charge is 2.24. The van der Waals surface area contributed by atoms with E-state index in [2.05, 4.69) is 31.1 Å². The zero-order valence-electron chi connectivity index (χ0n) is 11.5. The van der Waals surface area contributed by atoms with Crippen LogP contribution in [0.25, 0.3) is 0 Å². The molecule has 4 nitrogen and oxygen atoms in total. The smallest absolute Gasteiger partial charge is 0.1000 e. The molecule has 0 amide bonds. The van der Waals surface area contributed by atoms with E-state index in [0.29, 0.717) is 13.1 Å². The molecule has 0 atom stereocenters. The molecule has 5 heteroatoms. The van der Waals surface area contributed by atoms with Crippen LogP contribution in [0.3, 0.4) is 0 Å². The van der Waals surface area contributed by atoms with Gasteiger partial charge < -0.3 is 5.73 Å². The van der Waals surface area contributed by atoms with Gasteiger partial charge in [-0.25, -0.2) is 4.68 Å². The Labute approximate surface area is 118 Å². The van der Waals surface area contributed by atoms with E-state index < -0.39 is 0 Å². The van der Waals surface area contributed by atoms with Gasteiger partial charge >= 0.3 is 0 Å². The molecule has 19 heavy (non-hydrogen) atoms. The third-order valence-corrected chi connectivity index (χ3v) is 3.17. The summed E-state index contributed by atoms with van der Waals surface area (Å²) in [5.74, 6) is 0. The second kappa shape index (κ2) is 5.31. The number of nitrogens with two attached hydrogens (primary N) is 1. The molecule has 1 aromatic carbocycles. The van der Waals surface area contributed by atoms with Gasteiger partial charge in [-0.3, -0.25) is 0 Å². The van der Waals surface area contributed by atoms with Gasteiger partial charge in [-0.05, 0) is 17.7 Å². The summed E-state index contributed by atoms with van der Waals surface area (Å²) in [5, 5.41) is 9.13. The number of aromatic nitrogens is 3. The van der Waals surface area contributed by atoms with Gasteiger partial charge in [0.2, 0.25) is 0 Å². The Morgan fingerprint density at radius 3 is 2.63 bits per heavy atom. The van der Waals surface area contributed by atoms with Crippen molar-refractivity contribution in [1.29, 1.82) is 0 Å². The molecule has 1 aromatic heterocycles. The minimum absolute atomic E-state index is 0.0449. The van der Waals surface area contributed by atoms with Crippen LogP contribution in [0.4, 0.5) is 0 Å². The molecule has 0 bridgehead atoms. The molecule has 2 rings (SSSR count). The number of halogens is 1. The first-order valence-electron chi connectivity index (χ1n) is 6.29. The minimum atomic E-state index is -0.0449. The molecule has 0 aliphatic heterocycles. The number of hydrogen-bond acceptors (Lipinski definition) is 3. The van der Waals surface area contributed by atoms with Gasteiger partial charge in [0.15, 0.2) is 0 Å². The van der Waals surface area contributed by atoms with Crippen LogP contribution in [-0.2, 0) is 18.5 Å². The summed E-state index contributed by atoms with van der Waals surface area (Å²) in [6.07, 6.45) is 0. The SMILES string of the molecule is CC(C)(C)c1c(CN)nnn1Cc1cccc(Cl)c1. The fourth-order valence-corrected chi connectivity index (χ4v) is 2.44. The summed E-state index contributed by atoms with van der Waals surface area (Å²) >= 11 is 6.01. The lowest BCUT2D eigenvalue weighted by atomic mass is 9.90. The molecule has 0 aliphatic rings. The molecule has 1 heterocycles. The quantitative estimate of drug-likeness (QED) is 0.939. The van der Waals surface area contributed by atoms with Gasteiger partial charge in [-0.15, -0.1) is 5.10 Å². The van der Waals surface area contributed by atoms with Crippen LogP contribution in [0.15, 0.2) is 24.3 Å². The topological polar surface area (TPSA) is 56.7 Å². The van der Waals surface area contributed by atoms with Gasteiger partial charge in [0.25, 0.3) is 0 Å². The molecule has 0 radical (unpaired) electrons. The van der Waals surface area contributed by atoms with Crippen LogP contribution < -0.4 is 5.73 Å². The molecular formula is C14H19ClN4. The fourth-order valence-electron chi connectivity index (χ4n) is 2.23. The molecule has 2 aromatic rings. The summed E-state index contributed by atoms with van der Waals surface area (Å²) in [7, 11) is 0. The summed E-state index contributed by atoms with van der Waals surface area (Å²) in [6.45, 7) is 7.47. The third kappa shape index (κ3) is 3.14. The Balaban J connectivity index is 2.38. The second-order valence-electron chi connectivity index (χ2n) is 5.63. The first kappa shape index (κ1) is 14.0. The number of hydrogen-bond donors (Lipinski definition) is 1. The van der Waals surface area contributed by atoms with E-state index in [1.807, 2.05) is 28.9 Å². The molecule has 2 N–H and O–H groups in total. The van der Waals surface area contributed by atoms with Crippen LogP contribution >= 0.6 is 11.6 Å². The first-order valence-corrected chi connectivity index (χ1v) is 6.67. The highest BCUT2D eigenvalue weighted by atomic mass is 35.5. The van der Waals surface area contributed by atoms with E-state index in [9.17, 15) is 0 Å². The minimum Gasteiger partial charge on any atom is -0.325 e. The first-order chi connectivity index (χ1) is 8.91. The van der Waals surface area contributed by atoms with Crippen molar-refractivity contribution in [1.82, 2.24) is 15.0 Å². The van der Waals surface area contributed by atoms with Crippen LogP contribution in [0.5, 0.6) is 0 Å². The highest BCUT2D eigenvalue weighted by Crippen LogP contribution is 2.25. The van der Waals surface area contributed by atoms with Gasteiger partial charge in [0.05, 0.1) is 17.9 Å². The fraction of sp³-hybridized carbons (Fsp3) is 0.429. The van der Waals surface area contributed by atoms with E-state index in [-0.39, 0.29) is 5.41 Å². The molecule has 0 spiro atoms. The molecule has 0 unspecified atom stereocenters. The van der Waals surface area contributed by atoms with Crippen molar-refractivity contribution in [3.8, 4) is 0 Å². The van der Waals surface area contributed by atoms with Crippen molar-refractivity contribution in [2.24, 2.45) is 5.73 Å². The van der Waals surface area contributed by atoms with E-state index >= 15 is 0 Å². The van der Waals surface area contributed by atoms with Crippen LogP contribution in [-0.4, -0.2) is 15.0 Å². The van der Waals surface area contributed by atoms with Crippen molar-refractivity contribution < 1.29 is 0 Å². The summed E-state index contributed by atoms with van der Waals surface area (Å²) in [6, 6.07) is 7.78. The Morgan fingerprint density at radius 2 is 2.05 bits per heavy atom. The van der Waals surface area contributed by atoms with Gasteiger partial charge in [-0.1, -0.05) is 49.7 Å².